The molecule has 0 aliphatic heterocycles. The Morgan fingerprint density at radius 2 is 2.04 bits per heavy atom. The second-order valence-electron chi connectivity index (χ2n) is 8.66. The lowest BCUT2D eigenvalue weighted by Crippen LogP contribution is -2.38. The van der Waals surface area contributed by atoms with Crippen LogP contribution in [-0.4, -0.2) is 22.3 Å². The van der Waals surface area contributed by atoms with E-state index in [1.165, 1.54) is 11.1 Å². The average molecular weight is 344 g/mol. The Balaban J connectivity index is 1.82. The summed E-state index contributed by atoms with van der Waals surface area (Å²) in [6.45, 7) is 8.36. The largest absolute Gasteiger partial charge is 0.481 e. The van der Waals surface area contributed by atoms with E-state index in [4.69, 9.17) is 0 Å². The second kappa shape index (κ2) is 7.11. The molecule has 3 nitrogen and oxygen atoms in total. The van der Waals surface area contributed by atoms with Crippen LogP contribution in [0.3, 0.4) is 0 Å². The van der Waals surface area contributed by atoms with Crippen molar-refractivity contribution in [1.29, 1.82) is 0 Å². The fraction of sp³-hybridized carbons (Fsp3) is 0.682. The molecule has 0 bridgehead atoms. The summed E-state index contributed by atoms with van der Waals surface area (Å²) in [5.74, 6) is -0.136. The van der Waals surface area contributed by atoms with Gasteiger partial charge in [0.2, 0.25) is 0 Å². The van der Waals surface area contributed by atoms with E-state index in [1.54, 1.807) is 0 Å². The highest BCUT2D eigenvalue weighted by Crippen LogP contribution is 2.59. The van der Waals surface area contributed by atoms with E-state index in [9.17, 15) is 15.0 Å². The number of carboxylic acids is 1. The van der Waals surface area contributed by atoms with Crippen LogP contribution in [0.2, 0.25) is 0 Å². The van der Waals surface area contributed by atoms with Crippen LogP contribution in [0.1, 0.15) is 65.2 Å². The van der Waals surface area contributed by atoms with E-state index in [2.05, 4.69) is 25.7 Å². The maximum absolute atomic E-state index is 11.5. The lowest BCUT2D eigenvalue weighted by molar-refractivity contribution is -0.144. The Hall–Kier alpha value is -1.35. The number of fused-ring (bicyclic) bond motifs is 1. The van der Waals surface area contributed by atoms with E-state index in [0.717, 1.165) is 50.5 Å². The van der Waals surface area contributed by atoms with Gasteiger partial charge >= 0.3 is 5.97 Å². The van der Waals surface area contributed by atoms with Gasteiger partial charge in [-0.05, 0) is 74.2 Å². The minimum Gasteiger partial charge on any atom is -0.481 e. The summed E-state index contributed by atoms with van der Waals surface area (Å²) in [7, 11) is 0. The van der Waals surface area contributed by atoms with Gasteiger partial charge < -0.3 is 10.2 Å². The van der Waals surface area contributed by atoms with Gasteiger partial charge in [0, 0.05) is 0 Å². The number of aliphatic hydroxyl groups excluding tert-OH is 1. The molecule has 0 amide bonds. The molecule has 3 aliphatic carbocycles. The van der Waals surface area contributed by atoms with Crippen molar-refractivity contribution in [2.75, 3.05) is 0 Å². The van der Waals surface area contributed by atoms with Gasteiger partial charge in [-0.1, -0.05) is 43.7 Å². The third kappa shape index (κ3) is 3.48. The number of carbonyl (C=O) groups is 1. The first-order valence-corrected chi connectivity index (χ1v) is 9.81. The maximum Gasteiger partial charge on any atom is 0.306 e. The highest BCUT2D eigenvalue weighted by atomic mass is 16.4. The van der Waals surface area contributed by atoms with Crippen LogP contribution >= 0.6 is 0 Å². The van der Waals surface area contributed by atoms with Crippen LogP contribution in [0.5, 0.6) is 0 Å². The van der Waals surface area contributed by atoms with Crippen molar-refractivity contribution in [1.82, 2.24) is 0 Å². The van der Waals surface area contributed by atoms with Gasteiger partial charge in [-0.2, -0.15) is 0 Å². The van der Waals surface area contributed by atoms with Gasteiger partial charge in [0.1, 0.15) is 0 Å². The number of hydrogen-bond donors (Lipinski definition) is 2. The molecule has 2 N–H and O–H groups in total. The van der Waals surface area contributed by atoms with Crippen LogP contribution in [0.25, 0.3) is 0 Å². The number of allylic oxidation sites excluding steroid dienone is 4. The predicted molar refractivity (Wildman–Crippen MR) is 100 cm³/mol. The molecule has 5 atom stereocenters. The Morgan fingerprint density at radius 1 is 1.28 bits per heavy atom. The van der Waals surface area contributed by atoms with Crippen molar-refractivity contribution in [3.8, 4) is 0 Å². The third-order valence-corrected chi connectivity index (χ3v) is 7.22. The highest BCUT2D eigenvalue weighted by molar-refractivity contribution is 5.70. The van der Waals surface area contributed by atoms with Gasteiger partial charge in [-0.25, -0.2) is 0 Å². The van der Waals surface area contributed by atoms with E-state index in [0.29, 0.717) is 12.3 Å². The molecule has 0 heterocycles. The molecule has 3 fully saturated rings. The van der Waals surface area contributed by atoms with Crippen molar-refractivity contribution in [3.05, 3.63) is 35.5 Å². The van der Waals surface area contributed by atoms with Gasteiger partial charge in [-0.15, -0.1) is 0 Å². The zero-order valence-electron chi connectivity index (χ0n) is 15.6. The molecular weight excluding hydrogens is 312 g/mol. The van der Waals surface area contributed by atoms with E-state index < -0.39 is 5.97 Å². The molecule has 3 heteroatoms. The molecule has 0 aromatic heterocycles. The first-order chi connectivity index (χ1) is 11.8. The molecule has 0 aromatic rings. The summed E-state index contributed by atoms with van der Waals surface area (Å²) in [4.78, 5) is 11.5. The van der Waals surface area contributed by atoms with Gasteiger partial charge in [0.25, 0.3) is 0 Å². The van der Waals surface area contributed by atoms with Crippen LogP contribution in [-0.2, 0) is 4.79 Å². The standard InChI is InChI=1S/C22H32O3/c1-14-6-9-18(23)13-17(14)8-7-16-5-4-12-22(3)19(10-11-20(16)22)15(2)21(24)25/h7-8,15,18-20,23H,1,4-6,9-13H2,2-3H3,(H,24,25)/t15-,18-,19?,20?,22+/m0/s1. The molecule has 2 unspecified atom stereocenters. The summed E-state index contributed by atoms with van der Waals surface area (Å²) in [6, 6.07) is 0. The van der Waals surface area contributed by atoms with Gasteiger partial charge in [0.15, 0.2) is 0 Å². The Kier molecular flexibility index (Phi) is 5.24. The number of rotatable bonds is 3. The fourth-order valence-electron chi connectivity index (χ4n) is 5.67. The number of aliphatic carboxylic acids is 1. The summed E-state index contributed by atoms with van der Waals surface area (Å²) in [5.41, 5.74) is 3.94. The quantitative estimate of drug-likeness (QED) is 0.767. The van der Waals surface area contributed by atoms with Crippen molar-refractivity contribution < 1.29 is 15.0 Å². The molecule has 3 aliphatic rings. The summed E-state index contributed by atoms with van der Waals surface area (Å²) < 4.78 is 0. The molecule has 25 heavy (non-hydrogen) atoms. The second-order valence-corrected chi connectivity index (χ2v) is 8.66. The molecule has 138 valence electrons. The SMILES string of the molecule is C=C1CC[C@H](O)CC1=CC=C1CCC[C@@]2(C)C1CCC2[C@H](C)C(=O)O. The Labute approximate surface area is 151 Å². The molecule has 0 saturated heterocycles. The van der Waals surface area contributed by atoms with E-state index >= 15 is 0 Å². The lowest BCUT2D eigenvalue weighted by Gasteiger charge is -2.43. The molecule has 0 spiro atoms. The summed E-state index contributed by atoms with van der Waals surface area (Å²) in [5, 5.41) is 19.4. The Bertz CT molecular complexity index is 615. The first-order valence-electron chi connectivity index (χ1n) is 9.81. The van der Waals surface area contributed by atoms with Crippen LogP contribution < -0.4 is 0 Å². The fourth-order valence-corrected chi connectivity index (χ4v) is 5.67. The average Bonchev–Trinajstić information content (AvgIpc) is 2.92. The molecule has 0 radical (unpaired) electrons. The van der Waals surface area contributed by atoms with Crippen molar-refractivity contribution >= 4 is 5.97 Å². The third-order valence-electron chi connectivity index (χ3n) is 7.22. The minimum atomic E-state index is -0.655. The normalized spacial score (nSPS) is 40.3. The monoisotopic (exact) mass is 344 g/mol. The molecule has 3 saturated carbocycles. The first kappa shape index (κ1) is 18.4. The minimum absolute atomic E-state index is 0.115. The van der Waals surface area contributed by atoms with Gasteiger partial charge in [-0.3, -0.25) is 4.79 Å². The van der Waals surface area contributed by atoms with Crippen LogP contribution in [0, 0.1) is 23.2 Å². The zero-order chi connectivity index (χ0) is 18.2. The summed E-state index contributed by atoms with van der Waals surface area (Å²) >= 11 is 0. The lowest BCUT2D eigenvalue weighted by atomic mass is 9.61. The van der Waals surface area contributed by atoms with Gasteiger partial charge in [0.05, 0.1) is 12.0 Å². The van der Waals surface area contributed by atoms with Crippen molar-refractivity contribution in [2.24, 2.45) is 23.2 Å². The number of carboxylic acid groups (broad SMARTS) is 1. The molecule has 0 aromatic carbocycles. The topological polar surface area (TPSA) is 57.5 Å². The highest BCUT2D eigenvalue weighted by Gasteiger charge is 2.51. The van der Waals surface area contributed by atoms with E-state index in [-0.39, 0.29) is 23.4 Å². The smallest absolute Gasteiger partial charge is 0.306 e. The predicted octanol–water partition coefficient (Wildman–Crippen LogP) is 4.88. The summed E-state index contributed by atoms with van der Waals surface area (Å²) in [6.07, 6.45) is 12.2. The maximum atomic E-state index is 11.5. The zero-order valence-corrected chi connectivity index (χ0v) is 15.6. The van der Waals surface area contributed by atoms with Crippen LogP contribution in [0.4, 0.5) is 0 Å². The van der Waals surface area contributed by atoms with Crippen LogP contribution in [0.15, 0.2) is 35.5 Å². The molecular formula is C22H32O3. The van der Waals surface area contributed by atoms with Crippen molar-refractivity contribution in [3.63, 3.8) is 0 Å². The number of hydrogen-bond acceptors (Lipinski definition) is 2. The molecule has 3 rings (SSSR count). The van der Waals surface area contributed by atoms with E-state index in [1.807, 2.05) is 6.92 Å². The van der Waals surface area contributed by atoms with Crippen molar-refractivity contribution in [2.45, 2.75) is 71.3 Å². The Morgan fingerprint density at radius 3 is 2.76 bits per heavy atom. The number of aliphatic hydroxyl groups is 1.